The Labute approximate surface area is 118 Å². The van der Waals surface area contributed by atoms with E-state index in [0.29, 0.717) is 36.8 Å². The van der Waals surface area contributed by atoms with E-state index in [-0.39, 0.29) is 12.3 Å². The van der Waals surface area contributed by atoms with Gasteiger partial charge in [0.15, 0.2) is 11.5 Å². The van der Waals surface area contributed by atoms with Crippen LogP contribution in [0.25, 0.3) is 0 Å². The van der Waals surface area contributed by atoms with Crippen LogP contribution in [0.3, 0.4) is 0 Å². The number of hydrogen-bond acceptors (Lipinski definition) is 6. The number of benzene rings is 1. The number of aliphatic hydroxyl groups is 1. The van der Waals surface area contributed by atoms with Crippen LogP contribution < -0.4 is 14.8 Å². The van der Waals surface area contributed by atoms with Gasteiger partial charge in [0, 0.05) is 19.3 Å². The molecule has 6 nitrogen and oxygen atoms in total. The molecular formula is C13H19NO5S. The van der Waals surface area contributed by atoms with Gasteiger partial charge in [-0.15, -0.1) is 0 Å². The van der Waals surface area contributed by atoms with Crippen molar-refractivity contribution in [2.75, 3.05) is 38.3 Å². The number of nitrogens with one attached hydrogen (secondary N) is 1. The molecule has 0 aromatic heterocycles. The Hall–Kier alpha value is -1.31. The molecule has 0 saturated carbocycles. The molecule has 0 amide bonds. The predicted octanol–water partition coefficient (Wildman–Crippen LogP) is 0.125. The molecule has 1 unspecified atom stereocenters. The minimum absolute atomic E-state index is 0.0564. The van der Waals surface area contributed by atoms with Crippen LogP contribution in [0.1, 0.15) is 11.7 Å². The molecule has 2 N–H and O–H groups in total. The fraction of sp³-hybridized carbons (Fsp3) is 0.538. The van der Waals surface area contributed by atoms with Crippen LogP contribution in [0.5, 0.6) is 11.5 Å². The Kier molecular flexibility index (Phi) is 4.85. The van der Waals surface area contributed by atoms with Gasteiger partial charge in [-0.25, -0.2) is 8.42 Å². The van der Waals surface area contributed by atoms with Gasteiger partial charge < -0.3 is 19.9 Å². The minimum atomic E-state index is -2.98. The second-order valence-electron chi connectivity index (χ2n) is 4.75. The third-order valence-corrected chi connectivity index (χ3v) is 3.88. The highest BCUT2D eigenvalue weighted by Gasteiger charge is 2.15. The molecule has 0 fully saturated rings. The fourth-order valence-electron chi connectivity index (χ4n) is 1.88. The number of fused-ring (bicyclic) bond motifs is 1. The van der Waals surface area contributed by atoms with E-state index in [4.69, 9.17) is 9.47 Å². The first-order valence-corrected chi connectivity index (χ1v) is 8.48. The highest BCUT2D eigenvalue weighted by atomic mass is 32.2. The summed E-state index contributed by atoms with van der Waals surface area (Å²) in [5, 5.41) is 13.0. The highest BCUT2D eigenvalue weighted by molar-refractivity contribution is 7.90. The smallest absolute Gasteiger partial charge is 0.161 e. The summed E-state index contributed by atoms with van der Waals surface area (Å²) in [6.07, 6.45) is 0.469. The van der Waals surface area contributed by atoms with E-state index in [1.165, 1.54) is 6.26 Å². The van der Waals surface area contributed by atoms with E-state index < -0.39 is 15.9 Å². The van der Waals surface area contributed by atoms with Crippen molar-refractivity contribution in [2.24, 2.45) is 0 Å². The third kappa shape index (κ3) is 4.36. The van der Waals surface area contributed by atoms with Crippen molar-refractivity contribution in [3.63, 3.8) is 0 Å². The molecule has 7 heteroatoms. The number of hydrogen-bond donors (Lipinski definition) is 2. The third-order valence-electron chi connectivity index (χ3n) is 2.94. The molecule has 1 heterocycles. The average molecular weight is 301 g/mol. The van der Waals surface area contributed by atoms with Crippen molar-refractivity contribution in [3.8, 4) is 11.5 Å². The first-order chi connectivity index (χ1) is 9.46. The van der Waals surface area contributed by atoms with E-state index in [1.807, 2.05) is 0 Å². The average Bonchev–Trinajstić information content (AvgIpc) is 2.42. The lowest BCUT2D eigenvalue weighted by molar-refractivity contribution is 0.163. The first kappa shape index (κ1) is 15.1. The summed E-state index contributed by atoms with van der Waals surface area (Å²) < 4.78 is 32.8. The maximum absolute atomic E-state index is 11.0. The Morgan fingerprint density at radius 3 is 2.70 bits per heavy atom. The summed E-state index contributed by atoms with van der Waals surface area (Å²) in [5.74, 6) is 1.36. The Balaban J connectivity index is 1.87. The standard InChI is InChI=1S/C13H19NO5S/c1-20(16,17)7-4-14-9-11(15)10-2-3-12-13(8-10)19-6-5-18-12/h2-3,8,11,14-15H,4-7,9H2,1H3. The van der Waals surface area contributed by atoms with Crippen molar-refractivity contribution in [2.45, 2.75) is 6.10 Å². The van der Waals surface area contributed by atoms with E-state index in [0.717, 1.165) is 0 Å². The quantitative estimate of drug-likeness (QED) is 0.726. The first-order valence-electron chi connectivity index (χ1n) is 6.42. The van der Waals surface area contributed by atoms with Crippen LogP contribution >= 0.6 is 0 Å². The van der Waals surface area contributed by atoms with Gasteiger partial charge in [-0.05, 0) is 17.7 Å². The van der Waals surface area contributed by atoms with Crippen molar-refractivity contribution in [1.29, 1.82) is 0 Å². The maximum atomic E-state index is 11.0. The molecule has 1 aliphatic rings. The molecule has 0 radical (unpaired) electrons. The van der Waals surface area contributed by atoms with E-state index in [2.05, 4.69) is 5.32 Å². The van der Waals surface area contributed by atoms with Gasteiger partial charge in [0.25, 0.3) is 0 Å². The van der Waals surface area contributed by atoms with E-state index >= 15 is 0 Å². The Morgan fingerprint density at radius 1 is 1.30 bits per heavy atom. The predicted molar refractivity (Wildman–Crippen MR) is 75.0 cm³/mol. The zero-order valence-corrected chi connectivity index (χ0v) is 12.1. The van der Waals surface area contributed by atoms with E-state index in [9.17, 15) is 13.5 Å². The fourth-order valence-corrected chi connectivity index (χ4v) is 2.40. The van der Waals surface area contributed by atoms with Crippen LogP contribution in [0.15, 0.2) is 18.2 Å². The molecule has 0 aliphatic carbocycles. The van der Waals surface area contributed by atoms with Gasteiger partial charge in [0.2, 0.25) is 0 Å². The number of aliphatic hydroxyl groups excluding tert-OH is 1. The summed E-state index contributed by atoms with van der Waals surface area (Å²) >= 11 is 0. The lowest BCUT2D eigenvalue weighted by Gasteiger charge is -2.20. The van der Waals surface area contributed by atoms with Gasteiger partial charge in [0.05, 0.1) is 11.9 Å². The topological polar surface area (TPSA) is 84.9 Å². The van der Waals surface area contributed by atoms with Gasteiger partial charge in [-0.3, -0.25) is 0 Å². The SMILES string of the molecule is CS(=O)(=O)CCNCC(O)c1ccc2c(c1)OCCO2. The molecule has 1 aliphatic heterocycles. The second kappa shape index (κ2) is 6.43. The van der Waals surface area contributed by atoms with Crippen molar-refractivity contribution >= 4 is 9.84 Å². The lowest BCUT2D eigenvalue weighted by Crippen LogP contribution is -2.27. The second-order valence-corrected chi connectivity index (χ2v) is 7.01. The summed E-state index contributed by atoms with van der Waals surface area (Å²) in [5.41, 5.74) is 0.709. The molecule has 1 aromatic rings. The largest absolute Gasteiger partial charge is 0.486 e. The highest BCUT2D eigenvalue weighted by Crippen LogP contribution is 2.32. The normalized spacial score (nSPS) is 15.9. The molecule has 0 spiro atoms. The summed E-state index contributed by atoms with van der Waals surface area (Å²) in [6, 6.07) is 5.29. The molecule has 112 valence electrons. The molecule has 20 heavy (non-hydrogen) atoms. The Bertz CT molecular complexity index is 558. The number of sulfone groups is 1. The maximum Gasteiger partial charge on any atom is 0.161 e. The van der Waals surface area contributed by atoms with E-state index in [1.54, 1.807) is 18.2 Å². The Morgan fingerprint density at radius 2 is 2.00 bits per heavy atom. The van der Waals surface area contributed by atoms with Crippen molar-refractivity contribution in [1.82, 2.24) is 5.32 Å². The molecule has 0 saturated heterocycles. The van der Waals surface area contributed by atoms with Crippen LogP contribution in [-0.4, -0.2) is 51.8 Å². The summed E-state index contributed by atoms with van der Waals surface area (Å²) in [4.78, 5) is 0. The lowest BCUT2D eigenvalue weighted by atomic mass is 10.1. The zero-order chi connectivity index (χ0) is 14.6. The number of rotatable bonds is 6. The minimum Gasteiger partial charge on any atom is -0.486 e. The molecule has 2 rings (SSSR count). The van der Waals surface area contributed by atoms with Crippen molar-refractivity contribution < 1.29 is 23.0 Å². The number of ether oxygens (including phenoxy) is 2. The van der Waals surface area contributed by atoms with Crippen LogP contribution in [0.4, 0.5) is 0 Å². The van der Waals surface area contributed by atoms with Crippen molar-refractivity contribution in [3.05, 3.63) is 23.8 Å². The van der Waals surface area contributed by atoms with Gasteiger partial charge in [-0.1, -0.05) is 6.07 Å². The van der Waals surface area contributed by atoms with Gasteiger partial charge >= 0.3 is 0 Å². The summed E-state index contributed by atoms with van der Waals surface area (Å²) in [6.45, 7) is 1.64. The molecule has 1 atom stereocenters. The van der Waals surface area contributed by atoms with Gasteiger partial charge in [-0.2, -0.15) is 0 Å². The van der Waals surface area contributed by atoms with Gasteiger partial charge in [0.1, 0.15) is 23.1 Å². The molecule has 1 aromatic carbocycles. The monoisotopic (exact) mass is 301 g/mol. The zero-order valence-electron chi connectivity index (χ0n) is 11.3. The van der Waals surface area contributed by atoms with Crippen LogP contribution in [0, 0.1) is 0 Å². The molecule has 0 bridgehead atoms. The molecular weight excluding hydrogens is 282 g/mol. The van der Waals surface area contributed by atoms with Crippen LogP contribution in [0.2, 0.25) is 0 Å². The van der Waals surface area contributed by atoms with Crippen LogP contribution in [-0.2, 0) is 9.84 Å². The summed E-state index contributed by atoms with van der Waals surface area (Å²) in [7, 11) is -2.98.